The molecular weight excluding hydrogens is 630 g/mol. The zero-order valence-corrected chi connectivity index (χ0v) is 27.2. The van der Waals surface area contributed by atoms with Gasteiger partial charge in [-0.3, -0.25) is 19.4 Å². The number of halogens is 1. The third kappa shape index (κ3) is 9.96. The third-order valence-electron chi connectivity index (χ3n) is 6.31. The fraction of sp³-hybridized carbons (Fsp3) is 0.324. The highest BCUT2D eigenvalue weighted by molar-refractivity contribution is 9.10. The number of carbonyl (C=O) groups is 4. The van der Waals surface area contributed by atoms with Gasteiger partial charge in [-0.1, -0.05) is 73.5 Å². The summed E-state index contributed by atoms with van der Waals surface area (Å²) in [5.74, 6) is -2.14. The minimum atomic E-state index is -0.856. The second kappa shape index (κ2) is 16.1. The van der Waals surface area contributed by atoms with Crippen molar-refractivity contribution >= 4 is 45.8 Å². The molecule has 0 heterocycles. The van der Waals surface area contributed by atoms with Crippen LogP contribution in [-0.2, 0) is 25.5 Å². The number of aliphatic imine (C=N–C) groups is 1. The van der Waals surface area contributed by atoms with Crippen molar-refractivity contribution in [2.45, 2.75) is 47.1 Å². The first-order valence-electron chi connectivity index (χ1n) is 14.1. The molecule has 44 heavy (non-hydrogen) atoms. The van der Waals surface area contributed by atoms with Crippen molar-refractivity contribution < 1.29 is 38.1 Å². The van der Waals surface area contributed by atoms with Crippen LogP contribution in [0.2, 0.25) is 0 Å². The van der Waals surface area contributed by atoms with Crippen LogP contribution in [0.4, 0.5) is 0 Å². The SMILES string of the molecule is COCC(=O)C(Cc1ccc(OC(=O)C(C)C)cc1)N=Cc1cc(Br)cc(OC(=O)c2ccc(C)cc2)c1OC(=O)C(C)C. The van der Waals surface area contributed by atoms with Gasteiger partial charge in [-0.2, -0.15) is 0 Å². The van der Waals surface area contributed by atoms with Crippen molar-refractivity contribution in [1.82, 2.24) is 0 Å². The van der Waals surface area contributed by atoms with Gasteiger partial charge in [-0.15, -0.1) is 0 Å². The largest absolute Gasteiger partial charge is 0.426 e. The predicted octanol–water partition coefficient (Wildman–Crippen LogP) is 6.35. The first-order chi connectivity index (χ1) is 20.9. The van der Waals surface area contributed by atoms with Gasteiger partial charge in [0, 0.05) is 29.8 Å². The van der Waals surface area contributed by atoms with E-state index in [1.54, 1.807) is 82.3 Å². The lowest BCUT2D eigenvalue weighted by Gasteiger charge is -2.16. The van der Waals surface area contributed by atoms with E-state index in [9.17, 15) is 19.2 Å². The quantitative estimate of drug-likeness (QED) is 0.118. The summed E-state index contributed by atoms with van der Waals surface area (Å²) >= 11 is 3.43. The number of methoxy groups -OCH3 is 1. The van der Waals surface area contributed by atoms with Gasteiger partial charge in [-0.25, -0.2) is 4.79 Å². The zero-order chi connectivity index (χ0) is 32.4. The van der Waals surface area contributed by atoms with Crippen LogP contribution in [0.15, 0.2) is 70.1 Å². The van der Waals surface area contributed by atoms with Gasteiger partial charge in [0.15, 0.2) is 17.3 Å². The highest BCUT2D eigenvalue weighted by atomic mass is 79.9. The summed E-state index contributed by atoms with van der Waals surface area (Å²) in [6.07, 6.45) is 1.63. The van der Waals surface area contributed by atoms with Crippen molar-refractivity contribution in [2.75, 3.05) is 13.7 Å². The maximum atomic E-state index is 13.0. The minimum Gasteiger partial charge on any atom is -0.426 e. The van der Waals surface area contributed by atoms with Gasteiger partial charge in [0.05, 0.1) is 17.4 Å². The Morgan fingerprint density at radius 1 is 0.841 bits per heavy atom. The number of carbonyl (C=O) groups excluding carboxylic acids is 4. The fourth-order valence-corrected chi connectivity index (χ4v) is 4.20. The van der Waals surface area contributed by atoms with E-state index in [4.69, 9.17) is 18.9 Å². The molecule has 232 valence electrons. The van der Waals surface area contributed by atoms with E-state index < -0.39 is 23.9 Å². The van der Waals surface area contributed by atoms with Crippen LogP contribution in [0.25, 0.3) is 0 Å². The Bertz CT molecular complexity index is 1510. The van der Waals surface area contributed by atoms with Crippen LogP contribution in [0, 0.1) is 18.8 Å². The van der Waals surface area contributed by atoms with Crippen LogP contribution in [-0.4, -0.2) is 49.7 Å². The molecule has 0 aliphatic carbocycles. The third-order valence-corrected chi connectivity index (χ3v) is 6.76. The van der Waals surface area contributed by atoms with E-state index >= 15 is 0 Å². The lowest BCUT2D eigenvalue weighted by atomic mass is 10.0. The van der Waals surface area contributed by atoms with E-state index in [2.05, 4.69) is 20.9 Å². The summed E-state index contributed by atoms with van der Waals surface area (Å²) in [6.45, 7) is 8.60. The fourth-order valence-electron chi connectivity index (χ4n) is 3.75. The van der Waals surface area contributed by atoms with Gasteiger partial charge >= 0.3 is 17.9 Å². The molecule has 0 saturated heterocycles. The standard InChI is InChI=1S/C34H36BrNO8/c1-20(2)32(38)42-27-13-9-23(10-14-27)15-28(29(37)19-41-6)36-18-25-16-26(35)17-30(31(25)44-33(39)21(3)4)43-34(40)24-11-7-22(5)8-12-24/h7-14,16-18,20-21,28H,15,19H2,1-6H3. The normalized spacial score (nSPS) is 11.9. The van der Waals surface area contributed by atoms with Crippen molar-refractivity contribution in [1.29, 1.82) is 0 Å². The highest BCUT2D eigenvalue weighted by Crippen LogP contribution is 2.36. The minimum absolute atomic E-state index is 0.00621. The van der Waals surface area contributed by atoms with Crippen LogP contribution in [0.5, 0.6) is 17.2 Å². The van der Waals surface area contributed by atoms with Gasteiger partial charge in [0.2, 0.25) is 0 Å². The number of hydrogen-bond acceptors (Lipinski definition) is 9. The topological polar surface area (TPSA) is 118 Å². The predicted molar refractivity (Wildman–Crippen MR) is 170 cm³/mol. The van der Waals surface area contributed by atoms with E-state index in [-0.39, 0.29) is 42.2 Å². The lowest BCUT2D eigenvalue weighted by Crippen LogP contribution is -2.25. The molecule has 0 amide bonds. The number of aryl methyl sites for hydroxylation is 1. The molecule has 1 atom stereocenters. The van der Waals surface area contributed by atoms with E-state index in [1.165, 1.54) is 19.4 Å². The molecule has 0 radical (unpaired) electrons. The molecule has 0 fully saturated rings. The average molecular weight is 667 g/mol. The van der Waals surface area contributed by atoms with Crippen LogP contribution in [0.3, 0.4) is 0 Å². The summed E-state index contributed by atoms with van der Waals surface area (Å²) in [6, 6.07) is 16.0. The molecular formula is C34H36BrNO8. The van der Waals surface area contributed by atoms with Crippen LogP contribution < -0.4 is 14.2 Å². The Morgan fingerprint density at radius 2 is 1.45 bits per heavy atom. The first kappa shape index (κ1) is 34.3. The van der Waals surface area contributed by atoms with Crippen molar-refractivity contribution in [2.24, 2.45) is 16.8 Å². The molecule has 0 spiro atoms. The summed E-state index contributed by atoms with van der Waals surface area (Å²) < 4.78 is 22.3. The van der Waals surface area contributed by atoms with E-state index in [1.807, 2.05) is 6.92 Å². The molecule has 10 heteroatoms. The molecule has 3 rings (SSSR count). The van der Waals surface area contributed by atoms with Crippen molar-refractivity contribution in [3.63, 3.8) is 0 Å². The second-order valence-corrected chi connectivity index (χ2v) is 11.7. The Labute approximate surface area is 265 Å². The number of nitrogens with zero attached hydrogens (tertiary/aromatic N) is 1. The van der Waals surface area contributed by atoms with Gasteiger partial charge in [0.1, 0.15) is 18.4 Å². The summed E-state index contributed by atoms with van der Waals surface area (Å²) in [5.41, 5.74) is 2.39. The van der Waals surface area contributed by atoms with Gasteiger partial charge < -0.3 is 18.9 Å². The first-order valence-corrected chi connectivity index (χ1v) is 14.9. The molecule has 3 aromatic carbocycles. The Balaban J connectivity index is 1.96. The molecule has 0 aromatic heterocycles. The Hall–Kier alpha value is -4.15. The molecule has 0 aliphatic rings. The molecule has 3 aromatic rings. The molecule has 0 saturated carbocycles. The monoisotopic (exact) mass is 665 g/mol. The van der Waals surface area contributed by atoms with Crippen LogP contribution in [0.1, 0.15) is 54.7 Å². The summed E-state index contributed by atoms with van der Waals surface area (Å²) in [4.78, 5) is 55.1. The van der Waals surface area contributed by atoms with Gasteiger partial charge in [-0.05, 0) is 48.9 Å². The number of hydrogen-bond donors (Lipinski definition) is 0. The Morgan fingerprint density at radius 3 is 2.05 bits per heavy atom. The van der Waals surface area contributed by atoms with Crippen molar-refractivity contribution in [3.8, 4) is 17.2 Å². The van der Waals surface area contributed by atoms with Gasteiger partial charge in [0.25, 0.3) is 0 Å². The second-order valence-electron chi connectivity index (χ2n) is 10.8. The lowest BCUT2D eigenvalue weighted by molar-refractivity contribution is -0.138. The number of benzene rings is 3. The smallest absolute Gasteiger partial charge is 0.343 e. The maximum Gasteiger partial charge on any atom is 0.343 e. The molecule has 0 bridgehead atoms. The molecule has 0 N–H and O–H groups in total. The number of esters is 3. The van der Waals surface area contributed by atoms with E-state index in [0.29, 0.717) is 21.3 Å². The number of rotatable bonds is 13. The van der Waals surface area contributed by atoms with Crippen molar-refractivity contribution in [3.05, 3.63) is 87.4 Å². The zero-order valence-electron chi connectivity index (χ0n) is 25.6. The molecule has 1 unspecified atom stereocenters. The number of ether oxygens (including phenoxy) is 4. The number of Topliss-reactive ketones (excluding diaryl/α,β-unsaturated/α-hetero) is 1. The van der Waals surface area contributed by atoms with E-state index in [0.717, 1.165) is 11.1 Å². The Kier molecular flexibility index (Phi) is 12.5. The maximum absolute atomic E-state index is 13.0. The summed E-state index contributed by atoms with van der Waals surface area (Å²) in [5, 5.41) is 0. The summed E-state index contributed by atoms with van der Waals surface area (Å²) in [7, 11) is 1.42. The number of ketones is 1. The molecule has 9 nitrogen and oxygen atoms in total. The van der Waals surface area contributed by atoms with Crippen LogP contribution >= 0.6 is 15.9 Å². The average Bonchev–Trinajstić information content (AvgIpc) is 2.97. The molecule has 0 aliphatic heterocycles. The highest BCUT2D eigenvalue weighted by Gasteiger charge is 2.23.